The Labute approximate surface area is 177 Å². The van der Waals surface area contributed by atoms with Crippen molar-refractivity contribution in [2.24, 2.45) is 0 Å². The van der Waals surface area contributed by atoms with Gasteiger partial charge >= 0.3 is 0 Å². The first-order valence-corrected chi connectivity index (χ1v) is 9.88. The number of ether oxygens (including phenoxy) is 2. The maximum Gasteiger partial charge on any atom is 0.293 e. The van der Waals surface area contributed by atoms with Crippen LogP contribution in [0.15, 0.2) is 47.4 Å². The van der Waals surface area contributed by atoms with E-state index in [4.69, 9.17) is 14.7 Å². The summed E-state index contributed by atoms with van der Waals surface area (Å²) in [5, 5.41) is 8.33. The monoisotopic (exact) mass is 422 g/mol. The lowest BCUT2D eigenvalue weighted by atomic mass is 10.1. The van der Waals surface area contributed by atoms with Gasteiger partial charge in [0.15, 0.2) is 5.78 Å². The van der Waals surface area contributed by atoms with Crippen LogP contribution in [0.5, 0.6) is 11.5 Å². The van der Waals surface area contributed by atoms with Crippen molar-refractivity contribution in [3.63, 3.8) is 0 Å². The predicted octanol–water partition coefficient (Wildman–Crippen LogP) is 3.88. The Bertz CT molecular complexity index is 1070. The van der Waals surface area contributed by atoms with Crippen molar-refractivity contribution >= 4 is 34.8 Å². The van der Waals surface area contributed by atoms with Gasteiger partial charge in [-0.1, -0.05) is 12.1 Å². The van der Waals surface area contributed by atoms with Crippen LogP contribution < -0.4 is 9.47 Å². The molecule has 152 valence electrons. The van der Waals surface area contributed by atoms with Gasteiger partial charge in [-0.2, -0.15) is 5.26 Å². The molecule has 0 N–H and O–H groups in total. The van der Waals surface area contributed by atoms with Crippen LogP contribution in [0.25, 0.3) is 6.08 Å². The molecule has 0 saturated carbocycles. The minimum atomic E-state index is -0.544. The summed E-state index contributed by atoms with van der Waals surface area (Å²) < 4.78 is 10.8. The van der Waals surface area contributed by atoms with Crippen LogP contribution in [-0.4, -0.2) is 42.1 Å². The van der Waals surface area contributed by atoms with Gasteiger partial charge in [-0.3, -0.25) is 19.3 Å². The molecule has 8 heteroatoms. The molecule has 30 heavy (non-hydrogen) atoms. The highest BCUT2D eigenvalue weighted by molar-refractivity contribution is 8.18. The molecule has 1 aliphatic rings. The number of Topliss-reactive ketones (excluding diaryl/α,β-unsaturated/α-hetero) is 1. The average molecular weight is 422 g/mol. The third-order valence-corrected chi connectivity index (χ3v) is 5.22. The van der Waals surface area contributed by atoms with Gasteiger partial charge in [0.25, 0.3) is 11.1 Å². The lowest BCUT2D eigenvalue weighted by Gasteiger charge is -2.12. The summed E-state index contributed by atoms with van der Waals surface area (Å²) >= 11 is 0.767. The number of imide groups is 1. The van der Waals surface area contributed by atoms with E-state index in [1.165, 1.54) is 31.4 Å². The smallest absolute Gasteiger partial charge is 0.293 e. The molecular weight excluding hydrogens is 404 g/mol. The highest BCUT2D eigenvalue weighted by Crippen LogP contribution is 2.35. The summed E-state index contributed by atoms with van der Waals surface area (Å²) in [6, 6.07) is 13.2. The topological polar surface area (TPSA) is 96.7 Å². The number of carbonyl (C=O) groups excluding carboxylic acids is 3. The number of rotatable bonds is 7. The number of hydrogen-bond acceptors (Lipinski definition) is 7. The van der Waals surface area contributed by atoms with Crippen LogP contribution >= 0.6 is 11.8 Å². The van der Waals surface area contributed by atoms with Crippen LogP contribution in [0.3, 0.4) is 0 Å². The SMILES string of the molecule is CCOc1ccc(OC)cc1/C=C1/SC(=O)N(CC(=O)c2ccc(C#N)cc2)C1=O. The van der Waals surface area contributed by atoms with Gasteiger partial charge in [0.2, 0.25) is 0 Å². The Hall–Kier alpha value is -3.57. The first kappa shape index (κ1) is 21.1. The molecule has 0 aliphatic carbocycles. The molecule has 0 bridgehead atoms. The summed E-state index contributed by atoms with van der Waals surface area (Å²) in [7, 11) is 1.53. The molecule has 0 spiro atoms. The average Bonchev–Trinajstić information content (AvgIpc) is 3.02. The number of nitrogens with zero attached hydrogens (tertiary/aromatic N) is 2. The molecule has 3 rings (SSSR count). The number of ketones is 1. The van der Waals surface area contributed by atoms with E-state index in [9.17, 15) is 14.4 Å². The number of nitriles is 1. The van der Waals surface area contributed by atoms with Gasteiger partial charge in [0, 0.05) is 11.1 Å². The van der Waals surface area contributed by atoms with Crippen molar-refractivity contribution < 1.29 is 23.9 Å². The number of thioether (sulfide) groups is 1. The minimum Gasteiger partial charge on any atom is -0.497 e. The van der Waals surface area contributed by atoms with Crippen LogP contribution in [0, 0.1) is 11.3 Å². The molecule has 1 heterocycles. The van der Waals surface area contributed by atoms with Gasteiger partial charge in [-0.25, -0.2) is 0 Å². The van der Waals surface area contributed by atoms with Crippen molar-refractivity contribution in [1.29, 1.82) is 5.26 Å². The Balaban J connectivity index is 1.82. The molecule has 2 aromatic rings. The zero-order chi connectivity index (χ0) is 21.7. The molecule has 2 amide bonds. The second-order valence-corrected chi connectivity index (χ2v) is 7.21. The Morgan fingerprint density at radius 1 is 1.20 bits per heavy atom. The second-order valence-electron chi connectivity index (χ2n) is 6.22. The lowest BCUT2D eigenvalue weighted by molar-refractivity contribution is -0.122. The molecule has 2 aromatic carbocycles. The molecular formula is C22H18N2O5S. The van der Waals surface area contributed by atoms with E-state index in [-0.39, 0.29) is 17.2 Å². The highest BCUT2D eigenvalue weighted by Gasteiger charge is 2.36. The van der Waals surface area contributed by atoms with E-state index in [1.807, 2.05) is 13.0 Å². The summed E-state index contributed by atoms with van der Waals surface area (Å²) in [5.41, 5.74) is 1.34. The number of hydrogen-bond donors (Lipinski definition) is 0. The van der Waals surface area contributed by atoms with Crippen LogP contribution in [-0.2, 0) is 4.79 Å². The second kappa shape index (κ2) is 9.29. The maximum absolute atomic E-state index is 12.8. The largest absolute Gasteiger partial charge is 0.497 e. The minimum absolute atomic E-state index is 0.196. The number of methoxy groups -OCH3 is 1. The molecule has 7 nitrogen and oxygen atoms in total. The zero-order valence-corrected chi connectivity index (χ0v) is 17.2. The van der Waals surface area contributed by atoms with Gasteiger partial charge in [0.05, 0.1) is 36.8 Å². The third-order valence-electron chi connectivity index (χ3n) is 4.31. The number of carbonyl (C=O) groups is 3. The summed E-state index contributed by atoms with van der Waals surface area (Å²) in [5.74, 6) is 0.204. The van der Waals surface area contributed by atoms with Crippen molar-refractivity contribution in [2.45, 2.75) is 6.92 Å². The van der Waals surface area contributed by atoms with Gasteiger partial charge in [0.1, 0.15) is 11.5 Å². The summed E-state index contributed by atoms with van der Waals surface area (Å²) in [6.07, 6.45) is 1.56. The Kier molecular flexibility index (Phi) is 6.54. The van der Waals surface area contributed by atoms with Crippen LogP contribution in [0.2, 0.25) is 0 Å². The van der Waals surface area contributed by atoms with E-state index in [0.717, 1.165) is 16.7 Å². The maximum atomic E-state index is 12.8. The van der Waals surface area contributed by atoms with Crippen molar-refractivity contribution in [1.82, 2.24) is 4.90 Å². The fraction of sp³-hybridized carbons (Fsp3) is 0.182. The molecule has 0 aromatic heterocycles. The first-order valence-electron chi connectivity index (χ1n) is 9.06. The fourth-order valence-corrected chi connectivity index (χ4v) is 3.63. The summed E-state index contributed by atoms with van der Waals surface area (Å²) in [6.45, 7) is 1.91. The van der Waals surface area contributed by atoms with E-state index in [2.05, 4.69) is 0 Å². The van der Waals surface area contributed by atoms with Gasteiger partial charge < -0.3 is 9.47 Å². The molecule has 0 radical (unpaired) electrons. The van der Waals surface area contributed by atoms with Crippen LogP contribution in [0.1, 0.15) is 28.4 Å². The first-order chi connectivity index (χ1) is 14.5. The fourth-order valence-electron chi connectivity index (χ4n) is 2.80. The van der Waals surface area contributed by atoms with Gasteiger partial charge in [-0.15, -0.1) is 0 Å². The summed E-state index contributed by atoms with van der Waals surface area (Å²) in [4.78, 5) is 38.7. The Morgan fingerprint density at radius 2 is 1.93 bits per heavy atom. The zero-order valence-electron chi connectivity index (χ0n) is 16.4. The van der Waals surface area contributed by atoms with E-state index in [1.54, 1.807) is 24.3 Å². The Morgan fingerprint density at radius 3 is 2.57 bits per heavy atom. The van der Waals surface area contributed by atoms with Crippen molar-refractivity contribution in [3.8, 4) is 17.6 Å². The quantitative estimate of drug-likeness (QED) is 0.493. The van der Waals surface area contributed by atoms with Crippen molar-refractivity contribution in [3.05, 3.63) is 64.1 Å². The van der Waals surface area contributed by atoms with E-state index >= 15 is 0 Å². The number of amides is 2. The third kappa shape index (κ3) is 4.53. The molecule has 0 unspecified atom stereocenters. The van der Waals surface area contributed by atoms with E-state index < -0.39 is 11.1 Å². The molecule has 1 aliphatic heterocycles. The molecule has 1 fully saturated rings. The lowest BCUT2D eigenvalue weighted by Crippen LogP contribution is -2.33. The van der Waals surface area contributed by atoms with Crippen LogP contribution in [0.4, 0.5) is 4.79 Å². The predicted molar refractivity (Wildman–Crippen MR) is 112 cm³/mol. The molecule has 1 saturated heterocycles. The van der Waals surface area contributed by atoms with Crippen molar-refractivity contribution in [2.75, 3.05) is 20.3 Å². The number of benzene rings is 2. The van der Waals surface area contributed by atoms with Gasteiger partial charge in [-0.05, 0) is 55.1 Å². The molecule has 0 atom stereocenters. The normalized spacial score (nSPS) is 14.7. The highest BCUT2D eigenvalue weighted by atomic mass is 32.2. The van der Waals surface area contributed by atoms with E-state index in [0.29, 0.717) is 34.8 Å². The standard InChI is InChI=1S/C22H18N2O5S/c1-3-29-19-9-8-17(28-2)10-16(19)11-20-21(26)24(22(27)30-20)13-18(25)15-6-4-14(12-23)5-7-15/h4-11H,3,13H2,1-2H3/b20-11+.